The lowest BCUT2D eigenvalue weighted by Crippen LogP contribution is -2.18. The van der Waals surface area contributed by atoms with Gasteiger partial charge in [-0.3, -0.25) is 0 Å². The first-order valence-corrected chi connectivity index (χ1v) is 21.1. The molecule has 2 aromatic heterocycles. The zero-order valence-corrected chi connectivity index (χ0v) is 34.6. The van der Waals surface area contributed by atoms with E-state index in [9.17, 15) is 0 Å². The molecule has 5 nitrogen and oxygen atoms in total. The fraction of sp³-hybridized carbons (Fsp3) is 0.107. The molecular weight excluding hydrogens is 743 g/mol. The molecule has 10 aromatic rings. The lowest BCUT2D eigenvalue weighted by Gasteiger charge is -2.30. The van der Waals surface area contributed by atoms with Crippen molar-refractivity contribution in [3.8, 4) is 44.8 Å². The topological polar surface area (TPSA) is 38.9 Å². The molecule has 0 radical (unpaired) electrons. The second-order valence-electron chi connectivity index (χ2n) is 17.6. The summed E-state index contributed by atoms with van der Waals surface area (Å²) in [7, 11) is 0. The molecule has 0 atom stereocenters. The summed E-state index contributed by atoms with van der Waals surface area (Å²) in [4.78, 5) is 6.65. The number of rotatable bonds is 6. The highest BCUT2D eigenvalue weighted by atomic mass is 15.3. The third-order valence-electron chi connectivity index (χ3n) is 13.6. The standard InChI is InChI=1S/C56H43N5/c1-55(2)49-16-10-8-14-43(49)44-27-24-41(32-51(44)55)60(42-25-28-46-45-26-23-40(59-35-57-34-58-59)31-50(45)56(3,4)52(46)33-42)39-21-18-36(19-22-39)37-20-29-54-48(30-37)47-15-9-11-17-53(47)61(54)38-12-6-5-7-13-38/h5-35H,1-4H3. The number of fused-ring (bicyclic) bond motifs is 9. The molecule has 2 aliphatic rings. The molecule has 0 unspecified atom stereocenters. The van der Waals surface area contributed by atoms with E-state index in [1.54, 1.807) is 12.7 Å². The van der Waals surface area contributed by atoms with Crippen molar-refractivity contribution < 1.29 is 0 Å². The molecule has 0 saturated heterocycles. The van der Waals surface area contributed by atoms with Crippen LogP contribution in [0.3, 0.4) is 0 Å². The second kappa shape index (κ2) is 13.0. The molecular formula is C56H43N5. The van der Waals surface area contributed by atoms with Gasteiger partial charge in [0.15, 0.2) is 0 Å². The van der Waals surface area contributed by atoms with E-state index in [2.05, 4.69) is 223 Å². The highest BCUT2D eigenvalue weighted by Gasteiger charge is 2.38. The van der Waals surface area contributed by atoms with E-state index in [4.69, 9.17) is 0 Å². The third kappa shape index (κ3) is 5.26. The molecule has 2 aliphatic carbocycles. The largest absolute Gasteiger partial charge is 0.310 e. The predicted molar refractivity (Wildman–Crippen MR) is 251 cm³/mol. The molecule has 8 aromatic carbocycles. The van der Waals surface area contributed by atoms with Gasteiger partial charge < -0.3 is 9.47 Å². The highest BCUT2D eigenvalue weighted by molar-refractivity contribution is 6.10. The Hall–Kier alpha value is -7.50. The van der Waals surface area contributed by atoms with Crippen molar-refractivity contribution in [3.63, 3.8) is 0 Å². The quantitative estimate of drug-likeness (QED) is 0.169. The lowest BCUT2D eigenvalue weighted by atomic mass is 9.82. The number of hydrogen-bond acceptors (Lipinski definition) is 3. The third-order valence-corrected chi connectivity index (χ3v) is 13.6. The first kappa shape index (κ1) is 35.4. The Balaban J connectivity index is 0.980. The van der Waals surface area contributed by atoms with Gasteiger partial charge in [0.25, 0.3) is 0 Å². The van der Waals surface area contributed by atoms with Crippen molar-refractivity contribution in [2.75, 3.05) is 4.90 Å². The molecule has 0 bridgehead atoms. The molecule has 12 rings (SSSR count). The summed E-state index contributed by atoms with van der Waals surface area (Å²) in [5, 5.41) is 6.93. The molecule has 0 saturated carbocycles. The number of para-hydroxylation sites is 2. The van der Waals surface area contributed by atoms with Gasteiger partial charge in [0.05, 0.1) is 16.7 Å². The average Bonchev–Trinajstić information content (AvgIpc) is 4.05. The Bertz CT molecular complexity index is 3350. The summed E-state index contributed by atoms with van der Waals surface area (Å²) < 4.78 is 4.21. The summed E-state index contributed by atoms with van der Waals surface area (Å²) in [6, 6.07) is 65.1. The van der Waals surface area contributed by atoms with Gasteiger partial charge in [0, 0.05) is 44.4 Å². The fourth-order valence-electron chi connectivity index (χ4n) is 10.4. The first-order chi connectivity index (χ1) is 29.8. The van der Waals surface area contributed by atoms with Crippen molar-refractivity contribution >= 4 is 38.9 Å². The molecule has 0 N–H and O–H groups in total. The zero-order chi connectivity index (χ0) is 41.0. The molecule has 0 fully saturated rings. The van der Waals surface area contributed by atoms with E-state index >= 15 is 0 Å². The number of benzene rings is 8. The zero-order valence-electron chi connectivity index (χ0n) is 34.6. The van der Waals surface area contributed by atoms with E-state index in [0.29, 0.717) is 0 Å². The van der Waals surface area contributed by atoms with Gasteiger partial charge in [0.2, 0.25) is 0 Å². The van der Waals surface area contributed by atoms with Crippen LogP contribution in [-0.2, 0) is 10.8 Å². The monoisotopic (exact) mass is 785 g/mol. The fourth-order valence-corrected chi connectivity index (χ4v) is 10.4. The van der Waals surface area contributed by atoms with Gasteiger partial charge in [0.1, 0.15) is 12.7 Å². The normalized spacial score (nSPS) is 14.2. The van der Waals surface area contributed by atoms with Crippen LogP contribution in [0.4, 0.5) is 17.1 Å². The highest BCUT2D eigenvalue weighted by Crippen LogP contribution is 2.53. The number of aromatic nitrogens is 4. The van der Waals surface area contributed by atoms with Gasteiger partial charge in [-0.1, -0.05) is 125 Å². The summed E-state index contributed by atoms with van der Waals surface area (Å²) in [5.74, 6) is 0. The van der Waals surface area contributed by atoms with Crippen molar-refractivity contribution in [3.05, 3.63) is 211 Å². The Morgan fingerprint density at radius 2 is 1.00 bits per heavy atom. The van der Waals surface area contributed by atoms with Crippen LogP contribution >= 0.6 is 0 Å². The Kier molecular flexibility index (Phi) is 7.55. The molecule has 0 amide bonds. The van der Waals surface area contributed by atoms with Crippen LogP contribution in [0.5, 0.6) is 0 Å². The molecule has 61 heavy (non-hydrogen) atoms. The maximum Gasteiger partial charge on any atom is 0.138 e. The van der Waals surface area contributed by atoms with Gasteiger partial charge in [-0.25, -0.2) is 9.67 Å². The minimum atomic E-state index is -0.226. The number of nitrogens with zero attached hydrogens (tertiary/aromatic N) is 5. The van der Waals surface area contributed by atoms with Crippen LogP contribution in [-0.4, -0.2) is 19.3 Å². The molecule has 2 heterocycles. The maximum atomic E-state index is 4.42. The van der Waals surface area contributed by atoms with E-state index in [1.165, 1.54) is 83.1 Å². The van der Waals surface area contributed by atoms with E-state index < -0.39 is 0 Å². The van der Waals surface area contributed by atoms with E-state index in [-0.39, 0.29) is 10.8 Å². The molecule has 292 valence electrons. The van der Waals surface area contributed by atoms with E-state index in [0.717, 1.165) is 22.7 Å². The maximum absolute atomic E-state index is 4.42. The number of hydrogen-bond donors (Lipinski definition) is 0. The average molecular weight is 786 g/mol. The Labute approximate surface area is 355 Å². The van der Waals surface area contributed by atoms with Crippen LogP contribution in [0.15, 0.2) is 189 Å². The molecule has 0 spiro atoms. The smallest absolute Gasteiger partial charge is 0.138 e. The Morgan fingerprint density at radius 1 is 0.426 bits per heavy atom. The van der Waals surface area contributed by atoms with Crippen molar-refractivity contribution in [1.82, 2.24) is 19.3 Å². The van der Waals surface area contributed by atoms with Crippen LogP contribution in [0.1, 0.15) is 49.9 Å². The SMILES string of the molecule is CC1(C)c2ccccc2-c2ccc(N(c3ccc(-c4ccc5c(c4)c4ccccc4n5-c4ccccc4)cc3)c3ccc4c(c3)C(C)(C)c3cc(-n5cncn5)ccc3-4)cc21. The van der Waals surface area contributed by atoms with Crippen LogP contribution in [0, 0.1) is 0 Å². The minimum Gasteiger partial charge on any atom is -0.310 e. The Morgan fingerprint density at radius 3 is 1.72 bits per heavy atom. The van der Waals surface area contributed by atoms with Crippen LogP contribution in [0.25, 0.3) is 66.6 Å². The van der Waals surface area contributed by atoms with Gasteiger partial charge in [-0.15, -0.1) is 0 Å². The van der Waals surface area contributed by atoms with E-state index in [1.807, 2.05) is 4.68 Å². The van der Waals surface area contributed by atoms with Gasteiger partial charge >= 0.3 is 0 Å². The molecule has 5 heteroatoms. The lowest BCUT2D eigenvalue weighted by molar-refractivity contribution is 0.659. The summed E-state index contributed by atoms with van der Waals surface area (Å²) in [6.45, 7) is 9.40. The minimum absolute atomic E-state index is 0.122. The van der Waals surface area contributed by atoms with Crippen molar-refractivity contribution in [1.29, 1.82) is 0 Å². The molecule has 0 aliphatic heterocycles. The predicted octanol–water partition coefficient (Wildman–Crippen LogP) is 14.1. The summed E-state index contributed by atoms with van der Waals surface area (Å²) in [6.07, 6.45) is 3.35. The van der Waals surface area contributed by atoms with Gasteiger partial charge in [-0.2, -0.15) is 5.10 Å². The number of anilines is 3. The summed E-state index contributed by atoms with van der Waals surface area (Å²) in [5.41, 5.74) is 20.6. The van der Waals surface area contributed by atoms with Crippen molar-refractivity contribution in [2.24, 2.45) is 0 Å². The van der Waals surface area contributed by atoms with Crippen LogP contribution in [0.2, 0.25) is 0 Å². The second-order valence-corrected chi connectivity index (χ2v) is 17.6. The van der Waals surface area contributed by atoms with Gasteiger partial charge in [-0.05, 0) is 134 Å². The first-order valence-electron chi connectivity index (χ1n) is 21.1. The summed E-state index contributed by atoms with van der Waals surface area (Å²) >= 11 is 0. The van der Waals surface area contributed by atoms with Crippen molar-refractivity contribution in [2.45, 2.75) is 38.5 Å². The van der Waals surface area contributed by atoms with Crippen LogP contribution < -0.4 is 4.90 Å².